The van der Waals surface area contributed by atoms with E-state index in [1.165, 1.54) is 10.4 Å². The molecule has 1 aliphatic heterocycles. The molecule has 0 bridgehead atoms. The SMILES string of the molecule is COc1ccccc1CCC(=O)N1CCN(S(=O)(=O)c2ccccc2Cl)CC1. The third-order valence-electron chi connectivity index (χ3n) is 4.85. The number of benzene rings is 2. The van der Waals surface area contributed by atoms with Crippen LogP contribution in [0.5, 0.6) is 5.75 Å². The molecular formula is C20H23ClN2O4S. The molecule has 1 saturated heterocycles. The van der Waals surface area contributed by atoms with Gasteiger partial charge in [-0.3, -0.25) is 4.79 Å². The molecule has 1 amide bonds. The van der Waals surface area contributed by atoms with Crippen molar-refractivity contribution < 1.29 is 17.9 Å². The number of piperazine rings is 1. The number of carbonyl (C=O) groups is 1. The lowest BCUT2D eigenvalue weighted by Crippen LogP contribution is -2.50. The van der Waals surface area contributed by atoms with Crippen LogP contribution in [-0.4, -0.2) is 56.8 Å². The maximum absolute atomic E-state index is 12.8. The van der Waals surface area contributed by atoms with E-state index in [1.807, 2.05) is 24.3 Å². The van der Waals surface area contributed by atoms with Gasteiger partial charge < -0.3 is 9.64 Å². The van der Waals surface area contributed by atoms with Gasteiger partial charge in [0.05, 0.1) is 12.1 Å². The Labute approximate surface area is 170 Å². The number of sulfonamides is 1. The number of halogens is 1. The Balaban J connectivity index is 1.58. The molecule has 150 valence electrons. The number of ether oxygens (including phenoxy) is 1. The van der Waals surface area contributed by atoms with Crippen LogP contribution >= 0.6 is 11.6 Å². The Morgan fingerprint density at radius 3 is 2.36 bits per heavy atom. The zero-order valence-electron chi connectivity index (χ0n) is 15.7. The van der Waals surface area contributed by atoms with Crippen LogP contribution in [0, 0.1) is 0 Å². The lowest BCUT2D eigenvalue weighted by Gasteiger charge is -2.34. The molecule has 1 heterocycles. The first kappa shape index (κ1) is 20.6. The average Bonchev–Trinajstić information content (AvgIpc) is 2.72. The Hall–Kier alpha value is -2.09. The molecule has 0 atom stereocenters. The van der Waals surface area contributed by atoms with Crippen molar-refractivity contribution in [3.05, 3.63) is 59.1 Å². The van der Waals surface area contributed by atoms with Gasteiger partial charge in [-0.1, -0.05) is 41.9 Å². The molecule has 0 N–H and O–H groups in total. The highest BCUT2D eigenvalue weighted by Gasteiger charge is 2.31. The van der Waals surface area contributed by atoms with Gasteiger partial charge in [-0.05, 0) is 30.2 Å². The monoisotopic (exact) mass is 422 g/mol. The number of amides is 1. The number of para-hydroxylation sites is 1. The lowest BCUT2D eigenvalue weighted by molar-refractivity contribution is -0.132. The molecule has 0 aromatic heterocycles. The minimum atomic E-state index is -3.66. The molecule has 1 fully saturated rings. The van der Waals surface area contributed by atoms with Gasteiger partial charge >= 0.3 is 0 Å². The second-order valence-electron chi connectivity index (χ2n) is 6.53. The molecule has 2 aromatic carbocycles. The van der Waals surface area contributed by atoms with Crippen LogP contribution < -0.4 is 4.74 Å². The molecule has 0 radical (unpaired) electrons. The van der Waals surface area contributed by atoms with Crippen molar-refractivity contribution in [1.29, 1.82) is 0 Å². The molecular weight excluding hydrogens is 400 g/mol. The molecule has 0 saturated carbocycles. The van der Waals surface area contributed by atoms with Crippen molar-refractivity contribution in [3.8, 4) is 5.75 Å². The molecule has 6 nitrogen and oxygen atoms in total. The van der Waals surface area contributed by atoms with Gasteiger partial charge in [0, 0.05) is 32.6 Å². The molecule has 28 heavy (non-hydrogen) atoms. The first-order chi connectivity index (χ1) is 13.4. The standard InChI is InChI=1S/C20H23ClN2O4S/c1-27-18-8-4-2-6-16(18)10-11-20(24)22-12-14-23(15-13-22)28(25,26)19-9-5-3-7-17(19)21/h2-9H,10-15H2,1H3. The summed E-state index contributed by atoms with van der Waals surface area (Å²) in [5, 5.41) is 0.206. The first-order valence-electron chi connectivity index (χ1n) is 9.08. The summed E-state index contributed by atoms with van der Waals surface area (Å²) in [4.78, 5) is 14.4. The van der Waals surface area contributed by atoms with E-state index in [2.05, 4.69) is 0 Å². The molecule has 3 rings (SSSR count). The number of nitrogens with zero attached hydrogens (tertiary/aromatic N) is 2. The summed E-state index contributed by atoms with van der Waals surface area (Å²) in [6.07, 6.45) is 0.943. The van der Waals surface area contributed by atoms with Crippen LogP contribution in [0.2, 0.25) is 5.02 Å². The minimum Gasteiger partial charge on any atom is -0.496 e. The summed E-state index contributed by atoms with van der Waals surface area (Å²) < 4.78 is 32.3. The number of carbonyl (C=O) groups excluding carboxylic acids is 1. The summed E-state index contributed by atoms with van der Waals surface area (Å²) >= 11 is 6.05. The Bertz CT molecular complexity index is 941. The van der Waals surface area contributed by atoms with Crippen LogP contribution in [0.15, 0.2) is 53.4 Å². The summed E-state index contributed by atoms with van der Waals surface area (Å²) in [5.41, 5.74) is 0.985. The van der Waals surface area contributed by atoms with E-state index in [9.17, 15) is 13.2 Å². The lowest BCUT2D eigenvalue weighted by atomic mass is 10.1. The third-order valence-corrected chi connectivity index (χ3v) is 7.24. The van der Waals surface area contributed by atoms with Gasteiger partial charge in [-0.25, -0.2) is 8.42 Å². The number of methoxy groups -OCH3 is 1. The zero-order chi connectivity index (χ0) is 20.1. The minimum absolute atomic E-state index is 0.0145. The van der Waals surface area contributed by atoms with Crippen LogP contribution in [0.3, 0.4) is 0 Å². The van der Waals surface area contributed by atoms with E-state index in [1.54, 1.807) is 30.2 Å². The largest absolute Gasteiger partial charge is 0.496 e. The summed E-state index contributed by atoms with van der Waals surface area (Å²) in [5.74, 6) is 0.784. The van der Waals surface area contributed by atoms with Gasteiger partial charge in [0.2, 0.25) is 15.9 Å². The predicted molar refractivity (Wildman–Crippen MR) is 108 cm³/mol. The average molecular weight is 423 g/mol. The summed E-state index contributed by atoms with van der Waals surface area (Å²) in [6.45, 7) is 1.25. The van der Waals surface area contributed by atoms with E-state index in [0.29, 0.717) is 25.9 Å². The van der Waals surface area contributed by atoms with Crippen LogP contribution in [0.25, 0.3) is 0 Å². The van der Waals surface area contributed by atoms with E-state index in [4.69, 9.17) is 16.3 Å². The van der Waals surface area contributed by atoms with Crippen LogP contribution in [-0.2, 0) is 21.2 Å². The van der Waals surface area contributed by atoms with Gasteiger partial charge in [-0.15, -0.1) is 0 Å². The van der Waals surface area contributed by atoms with Gasteiger partial charge in [-0.2, -0.15) is 4.31 Å². The normalized spacial score (nSPS) is 15.4. The molecule has 2 aromatic rings. The predicted octanol–water partition coefficient (Wildman–Crippen LogP) is 2.81. The number of hydrogen-bond donors (Lipinski definition) is 0. The van der Waals surface area contributed by atoms with Crippen molar-refractivity contribution in [2.75, 3.05) is 33.3 Å². The highest BCUT2D eigenvalue weighted by atomic mass is 35.5. The smallest absolute Gasteiger partial charge is 0.244 e. The third kappa shape index (κ3) is 4.48. The van der Waals surface area contributed by atoms with Gasteiger partial charge in [0.1, 0.15) is 10.6 Å². The van der Waals surface area contributed by atoms with Crippen molar-refractivity contribution in [1.82, 2.24) is 9.21 Å². The fourth-order valence-electron chi connectivity index (χ4n) is 3.28. The molecule has 0 unspecified atom stereocenters. The maximum Gasteiger partial charge on any atom is 0.244 e. The van der Waals surface area contributed by atoms with Crippen LogP contribution in [0.1, 0.15) is 12.0 Å². The fourth-order valence-corrected chi connectivity index (χ4v) is 5.20. The van der Waals surface area contributed by atoms with Crippen molar-refractivity contribution >= 4 is 27.5 Å². The number of hydrogen-bond acceptors (Lipinski definition) is 4. The van der Waals surface area contributed by atoms with E-state index in [-0.39, 0.29) is 28.9 Å². The van der Waals surface area contributed by atoms with Crippen molar-refractivity contribution in [2.45, 2.75) is 17.7 Å². The van der Waals surface area contributed by atoms with Gasteiger partial charge in [0.15, 0.2) is 0 Å². The van der Waals surface area contributed by atoms with E-state index < -0.39 is 10.0 Å². The highest BCUT2D eigenvalue weighted by Crippen LogP contribution is 2.25. The van der Waals surface area contributed by atoms with E-state index >= 15 is 0 Å². The topological polar surface area (TPSA) is 66.9 Å². The molecule has 0 spiro atoms. The Morgan fingerprint density at radius 1 is 1.04 bits per heavy atom. The quantitative estimate of drug-likeness (QED) is 0.717. The van der Waals surface area contributed by atoms with E-state index in [0.717, 1.165) is 11.3 Å². The summed E-state index contributed by atoms with van der Waals surface area (Å²) in [6, 6.07) is 14.0. The highest BCUT2D eigenvalue weighted by molar-refractivity contribution is 7.89. The second-order valence-corrected chi connectivity index (χ2v) is 8.84. The molecule has 1 aliphatic rings. The molecule has 0 aliphatic carbocycles. The Morgan fingerprint density at radius 2 is 1.68 bits per heavy atom. The first-order valence-corrected chi connectivity index (χ1v) is 10.9. The number of aryl methyl sites for hydroxylation is 1. The van der Waals surface area contributed by atoms with Gasteiger partial charge in [0.25, 0.3) is 0 Å². The maximum atomic E-state index is 12.8. The number of rotatable bonds is 6. The van der Waals surface area contributed by atoms with Crippen molar-refractivity contribution in [2.24, 2.45) is 0 Å². The summed E-state index contributed by atoms with van der Waals surface area (Å²) in [7, 11) is -2.05. The molecule has 8 heteroatoms. The second kappa shape index (κ2) is 8.94. The Kier molecular flexibility index (Phi) is 6.59. The van der Waals surface area contributed by atoms with Crippen LogP contribution in [0.4, 0.5) is 0 Å². The van der Waals surface area contributed by atoms with Crippen molar-refractivity contribution in [3.63, 3.8) is 0 Å². The fraction of sp³-hybridized carbons (Fsp3) is 0.350. The zero-order valence-corrected chi connectivity index (χ0v) is 17.2.